The van der Waals surface area contributed by atoms with E-state index >= 15 is 0 Å². The largest absolute Gasteiger partial charge is 0.392 e. The molecule has 0 amide bonds. The summed E-state index contributed by atoms with van der Waals surface area (Å²) in [7, 11) is 0. The number of hydrogen-bond acceptors (Lipinski definition) is 9. The van der Waals surface area contributed by atoms with Crippen LogP contribution in [0, 0.1) is 22.7 Å². The van der Waals surface area contributed by atoms with Gasteiger partial charge in [0.2, 0.25) is 0 Å². The van der Waals surface area contributed by atoms with E-state index in [2.05, 4.69) is 0 Å². The number of aliphatic hydroxyl groups is 8. The molecule has 0 aromatic carbocycles. The van der Waals surface area contributed by atoms with E-state index < -0.39 is 75.3 Å². The Morgan fingerprint density at radius 3 is 2.08 bits per heavy atom. The van der Waals surface area contributed by atoms with Crippen LogP contribution in [0.4, 0.5) is 0 Å². The molecule has 0 aromatic rings. The predicted octanol–water partition coefficient (Wildman–Crippen LogP) is -0.0603. The van der Waals surface area contributed by atoms with Crippen LogP contribution in [0.3, 0.4) is 0 Å². The highest BCUT2D eigenvalue weighted by molar-refractivity contribution is 6.00. The first-order valence-electron chi connectivity index (χ1n) is 13.1. The first-order valence-corrected chi connectivity index (χ1v) is 13.1. The average Bonchev–Trinajstić information content (AvgIpc) is 3.00. The summed E-state index contributed by atoms with van der Waals surface area (Å²) in [4.78, 5) is 13.3. The molecule has 206 valence electrons. The molecule has 0 bridgehead atoms. The maximum Gasteiger partial charge on any atom is 0.187 e. The van der Waals surface area contributed by atoms with Crippen LogP contribution in [-0.4, -0.2) is 93.5 Å². The van der Waals surface area contributed by atoms with Gasteiger partial charge in [0.1, 0.15) is 5.60 Å². The van der Waals surface area contributed by atoms with Crippen LogP contribution in [0.1, 0.15) is 79.6 Å². The zero-order valence-corrected chi connectivity index (χ0v) is 22.0. The number of rotatable bonds is 5. The second-order valence-electron chi connectivity index (χ2n) is 13.5. The minimum Gasteiger partial charge on any atom is -0.392 e. The van der Waals surface area contributed by atoms with E-state index in [1.165, 1.54) is 13.0 Å². The topological polar surface area (TPSA) is 179 Å². The van der Waals surface area contributed by atoms with Crippen molar-refractivity contribution in [2.45, 2.75) is 126 Å². The minimum absolute atomic E-state index is 0.0447. The van der Waals surface area contributed by atoms with Gasteiger partial charge < -0.3 is 40.9 Å². The maximum atomic E-state index is 13.3. The monoisotopic (exact) mass is 512 g/mol. The summed E-state index contributed by atoms with van der Waals surface area (Å²) in [5, 5.41) is 88.5. The van der Waals surface area contributed by atoms with E-state index in [1.807, 2.05) is 0 Å². The Kier molecular flexibility index (Phi) is 6.47. The van der Waals surface area contributed by atoms with Crippen LogP contribution in [0.2, 0.25) is 0 Å². The quantitative estimate of drug-likeness (QED) is 0.250. The summed E-state index contributed by atoms with van der Waals surface area (Å²) in [5.41, 5.74) is -8.41. The van der Waals surface area contributed by atoms with Gasteiger partial charge in [-0.1, -0.05) is 13.8 Å². The molecule has 9 heteroatoms. The summed E-state index contributed by atoms with van der Waals surface area (Å²) < 4.78 is 0. The molecule has 3 saturated carbocycles. The highest BCUT2D eigenvalue weighted by Crippen LogP contribution is 2.69. The minimum atomic E-state index is -2.00. The van der Waals surface area contributed by atoms with Gasteiger partial charge in [-0.25, -0.2) is 0 Å². The summed E-state index contributed by atoms with van der Waals surface area (Å²) in [5.74, 6) is -2.15. The molecule has 4 aliphatic rings. The number of aliphatic hydroxyl groups excluding tert-OH is 4. The first-order chi connectivity index (χ1) is 16.2. The fraction of sp³-hybridized carbons (Fsp3) is 0.889. The lowest BCUT2D eigenvalue weighted by atomic mass is 9.43. The third kappa shape index (κ3) is 3.69. The van der Waals surface area contributed by atoms with Crippen molar-refractivity contribution in [2.24, 2.45) is 22.7 Å². The Morgan fingerprint density at radius 1 is 0.944 bits per heavy atom. The molecule has 0 spiro atoms. The SMILES string of the molecule is CC(C)(O)CCC(O)C(C)(O)C1CCC2(O)C3=CC(=O)C4(O)CC(O)C(O)CC4(C)C3C(O)CC12C. The number of hydrogen-bond donors (Lipinski definition) is 8. The van der Waals surface area contributed by atoms with Gasteiger partial charge >= 0.3 is 0 Å². The van der Waals surface area contributed by atoms with Crippen molar-refractivity contribution in [1.29, 1.82) is 0 Å². The molecule has 4 aliphatic carbocycles. The Morgan fingerprint density at radius 2 is 1.50 bits per heavy atom. The Balaban J connectivity index is 1.74. The lowest BCUT2D eigenvalue weighted by Crippen LogP contribution is -2.71. The van der Waals surface area contributed by atoms with E-state index in [4.69, 9.17) is 0 Å². The van der Waals surface area contributed by atoms with Gasteiger partial charge in [-0.05, 0) is 76.9 Å². The molecule has 3 fully saturated rings. The summed E-state index contributed by atoms with van der Waals surface area (Å²) in [6.45, 7) is 8.14. The molecule has 0 radical (unpaired) electrons. The van der Waals surface area contributed by atoms with Gasteiger partial charge in [-0.2, -0.15) is 0 Å². The smallest absolute Gasteiger partial charge is 0.187 e. The van der Waals surface area contributed by atoms with Crippen molar-refractivity contribution in [2.75, 3.05) is 0 Å². The number of carbonyl (C=O) groups excluding carboxylic acids is 1. The van der Waals surface area contributed by atoms with Gasteiger partial charge in [-0.3, -0.25) is 4.79 Å². The van der Waals surface area contributed by atoms with E-state index in [1.54, 1.807) is 27.7 Å². The van der Waals surface area contributed by atoms with Crippen molar-refractivity contribution in [3.63, 3.8) is 0 Å². The van der Waals surface area contributed by atoms with Gasteiger partial charge in [0.25, 0.3) is 0 Å². The predicted molar refractivity (Wildman–Crippen MR) is 129 cm³/mol. The third-order valence-electron chi connectivity index (χ3n) is 10.7. The lowest BCUT2D eigenvalue weighted by Gasteiger charge is -2.64. The fourth-order valence-corrected chi connectivity index (χ4v) is 8.41. The third-order valence-corrected chi connectivity index (χ3v) is 10.7. The molecular weight excluding hydrogens is 468 g/mol. The van der Waals surface area contributed by atoms with Gasteiger partial charge in [0.05, 0.1) is 41.2 Å². The van der Waals surface area contributed by atoms with Crippen LogP contribution in [-0.2, 0) is 4.79 Å². The highest BCUT2D eigenvalue weighted by Gasteiger charge is 2.73. The van der Waals surface area contributed by atoms with Crippen molar-refractivity contribution in [3.05, 3.63) is 11.6 Å². The molecule has 11 unspecified atom stereocenters. The van der Waals surface area contributed by atoms with Crippen LogP contribution in [0.15, 0.2) is 11.6 Å². The summed E-state index contributed by atoms with van der Waals surface area (Å²) in [6.07, 6.45) is -3.11. The van der Waals surface area contributed by atoms with Gasteiger partial charge in [0, 0.05) is 23.2 Å². The van der Waals surface area contributed by atoms with E-state index in [-0.39, 0.29) is 44.1 Å². The van der Waals surface area contributed by atoms with Crippen molar-refractivity contribution >= 4 is 5.78 Å². The van der Waals surface area contributed by atoms with Crippen molar-refractivity contribution in [1.82, 2.24) is 0 Å². The molecule has 11 atom stereocenters. The van der Waals surface area contributed by atoms with Crippen LogP contribution < -0.4 is 0 Å². The zero-order valence-electron chi connectivity index (χ0n) is 22.0. The van der Waals surface area contributed by atoms with Crippen LogP contribution in [0.25, 0.3) is 0 Å². The Hall–Kier alpha value is -0.910. The molecule has 0 aromatic heterocycles. The van der Waals surface area contributed by atoms with Gasteiger partial charge in [-0.15, -0.1) is 0 Å². The summed E-state index contributed by atoms with van der Waals surface area (Å²) in [6, 6.07) is 0. The summed E-state index contributed by atoms with van der Waals surface area (Å²) >= 11 is 0. The fourth-order valence-electron chi connectivity index (χ4n) is 8.41. The van der Waals surface area contributed by atoms with Crippen LogP contribution in [0.5, 0.6) is 0 Å². The molecule has 8 N–H and O–H groups in total. The lowest BCUT2D eigenvalue weighted by molar-refractivity contribution is -0.228. The molecule has 0 saturated heterocycles. The second-order valence-corrected chi connectivity index (χ2v) is 13.5. The number of carbonyl (C=O) groups is 1. The van der Waals surface area contributed by atoms with E-state index in [9.17, 15) is 45.6 Å². The van der Waals surface area contributed by atoms with Gasteiger partial charge in [0.15, 0.2) is 5.78 Å². The average molecular weight is 513 g/mol. The molecule has 0 heterocycles. The second kappa shape index (κ2) is 8.29. The zero-order chi connectivity index (χ0) is 27.3. The standard InChI is InChI=1S/C27H44O9/c1-22(2,33)8-7-19(31)25(5,34)18-6-9-26(35)14-10-20(32)27(36)13-16(29)15(28)11-24(27,4)21(14)17(30)12-23(18,26)3/h10,15-19,21,28-31,33-36H,6-9,11-13H2,1-5H3. The molecule has 4 rings (SSSR count). The number of fused-ring (bicyclic) bond motifs is 5. The van der Waals surface area contributed by atoms with E-state index in [0.717, 1.165) is 0 Å². The van der Waals surface area contributed by atoms with Crippen LogP contribution >= 0.6 is 0 Å². The molecule has 9 nitrogen and oxygen atoms in total. The molecule has 36 heavy (non-hydrogen) atoms. The molecular formula is C27H44O9. The molecule has 0 aliphatic heterocycles. The normalized spacial score (nSPS) is 49.4. The van der Waals surface area contributed by atoms with Crippen molar-refractivity contribution < 1.29 is 45.6 Å². The van der Waals surface area contributed by atoms with E-state index in [0.29, 0.717) is 6.42 Å². The Bertz CT molecular complexity index is 940. The highest BCUT2D eigenvalue weighted by atomic mass is 16.3. The first kappa shape index (κ1) is 28.1. The Labute approximate surface area is 212 Å². The number of ketones is 1. The maximum absolute atomic E-state index is 13.3. The van der Waals surface area contributed by atoms with Crippen molar-refractivity contribution in [3.8, 4) is 0 Å².